The molecule has 122 valence electrons. The summed E-state index contributed by atoms with van der Waals surface area (Å²) in [6.07, 6.45) is 11.1. The van der Waals surface area contributed by atoms with E-state index in [1.807, 2.05) is 0 Å². The molecule has 0 unspecified atom stereocenters. The van der Waals surface area contributed by atoms with E-state index in [0.717, 1.165) is 44.9 Å². The number of sulfonamides is 1. The summed E-state index contributed by atoms with van der Waals surface area (Å²) >= 11 is 0. The minimum Gasteiger partial charge on any atom is -0.472 e. The van der Waals surface area contributed by atoms with Crippen LogP contribution in [0, 0.1) is 0 Å². The van der Waals surface area contributed by atoms with Gasteiger partial charge in [-0.05, 0) is 25.7 Å². The molecule has 6 nitrogen and oxygen atoms in total. The van der Waals surface area contributed by atoms with E-state index in [4.69, 9.17) is 4.74 Å². The first-order valence-corrected chi connectivity index (χ1v) is 9.58. The van der Waals surface area contributed by atoms with Gasteiger partial charge in [-0.2, -0.15) is 4.31 Å². The molecule has 1 atom stereocenters. The zero-order chi connectivity index (χ0) is 15.4. The molecule has 0 spiro atoms. The topological polar surface area (TPSA) is 72.4 Å². The quantitative estimate of drug-likeness (QED) is 0.846. The van der Waals surface area contributed by atoms with Gasteiger partial charge in [0.05, 0.1) is 18.0 Å². The number of nitrogens with zero attached hydrogens (tertiary/aromatic N) is 3. The van der Waals surface area contributed by atoms with Crippen LogP contribution in [0.3, 0.4) is 0 Å². The molecule has 22 heavy (non-hydrogen) atoms. The Hall–Kier alpha value is -1.21. The van der Waals surface area contributed by atoms with Gasteiger partial charge in [0.15, 0.2) is 0 Å². The fourth-order valence-corrected chi connectivity index (χ4v) is 5.43. The van der Waals surface area contributed by atoms with Crippen molar-refractivity contribution < 1.29 is 13.2 Å². The van der Waals surface area contributed by atoms with Crippen molar-refractivity contribution in [3.05, 3.63) is 18.6 Å². The number of piperidine rings is 1. The third-order valence-electron chi connectivity index (χ3n) is 4.50. The molecule has 0 N–H and O–H groups in total. The van der Waals surface area contributed by atoms with Crippen molar-refractivity contribution in [1.29, 1.82) is 0 Å². The Balaban J connectivity index is 1.64. The standard InChI is InChI=1S/C15H23N3O3S/c19-22(20,14-6-2-1-3-7-14)18-10-4-5-13(12-18)21-15-11-16-8-9-17-15/h8-9,11,13-14H,1-7,10,12H2/t13-/m1/s1. The number of ether oxygens (including phenoxy) is 1. The molecule has 2 heterocycles. The van der Waals surface area contributed by atoms with Crippen LogP contribution in [-0.2, 0) is 10.0 Å². The molecule has 7 heteroatoms. The largest absolute Gasteiger partial charge is 0.472 e. The van der Waals surface area contributed by atoms with Crippen LogP contribution in [0.15, 0.2) is 18.6 Å². The lowest BCUT2D eigenvalue weighted by Gasteiger charge is -2.35. The average molecular weight is 325 g/mol. The van der Waals surface area contributed by atoms with Gasteiger partial charge in [-0.1, -0.05) is 19.3 Å². The third-order valence-corrected chi connectivity index (χ3v) is 6.87. The fourth-order valence-electron chi connectivity index (χ4n) is 3.32. The average Bonchev–Trinajstić information content (AvgIpc) is 2.57. The lowest BCUT2D eigenvalue weighted by Crippen LogP contribution is -2.48. The molecule has 2 fully saturated rings. The first-order valence-electron chi connectivity index (χ1n) is 8.08. The van der Waals surface area contributed by atoms with E-state index in [9.17, 15) is 8.42 Å². The maximum atomic E-state index is 12.8. The van der Waals surface area contributed by atoms with E-state index in [1.54, 1.807) is 22.9 Å². The molecule has 3 rings (SSSR count). The van der Waals surface area contributed by atoms with Crippen LogP contribution < -0.4 is 4.74 Å². The summed E-state index contributed by atoms with van der Waals surface area (Å²) in [5.41, 5.74) is 0. The van der Waals surface area contributed by atoms with Crippen molar-refractivity contribution in [1.82, 2.24) is 14.3 Å². The van der Waals surface area contributed by atoms with E-state index >= 15 is 0 Å². The van der Waals surface area contributed by atoms with Crippen LogP contribution in [0.2, 0.25) is 0 Å². The summed E-state index contributed by atoms with van der Waals surface area (Å²) in [5, 5.41) is -0.198. The molecule has 0 amide bonds. The Bertz CT molecular complexity index is 573. The monoisotopic (exact) mass is 325 g/mol. The van der Waals surface area contributed by atoms with Gasteiger partial charge in [-0.3, -0.25) is 4.98 Å². The minimum atomic E-state index is -3.19. The third kappa shape index (κ3) is 3.57. The van der Waals surface area contributed by atoms with E-state index in [0.29, 0.717) is 19.0 Å². The molecule has 0 bridgehead atoms. The predicted octanol–water partition coefficient (Wildman–Crippen LogP) is 1.98. The van der Waals surface area contributed by atoms with Gasteiger partial charge < -0.3 is 4.74 Å². The molecule has 1 aliphatic heterocycles. The fraction of sp³-hybridized carbons (Fsp3) is 0.733. The SMILES string of the molecule is O=S(=O)(C1CCCCC1)N1CCC[C@@H](Oc2cnccn2)C1. The van der Waals surface area contributed by atoms with Gasteiger partial charge >= 0.3 is 0 Å². The van der Waals surface area contributed by atoms with Crippen molar-refractivity contribution >= 4 is 10.0 Å². The predicted molar refractivity (Wildman–Crippen MR) is 83.0 cm³/mol. The first-order chi connectivity index (χ1) is 10.7. The molecule has 1 saturated carbocycles. The van der Waals surface area contributed by atoms with Crippen LogP contribution in [0.5, 0.6) is 5.88 Å². The Kier molecular flexibility index (Phi) is 4.93. The number of hydrogen-bond acceptors (Lipinski definition) is 5. The highest BCUT2D eigenvalue weighted by Gasteiger charge is 2.36. The van der Waals surface area contributed by atoms with Crippen molar-refractivity contribution in [3.63, 3.8) is 0 Å². The molecular formula is C15H23N3O3S. The van der Waals surface area contributed by atoms with Crippen LogP contribution in [-0.4, -0.2) is 47.1 Å². The molecular weight excluding hydrogens is 302 g/mol. The summed E-state index contributed by atoms with van der Waals surface area (Å²) in [6, 6.07) is 0. The molecule has 0 radical (unpaired) electrons. The molecule has 1 aliphatic carbocycles. The molecule has 2 aliphatic rings. The van der Waals surface area contributed by atoms with Crippen molar-refractivity contribution in [2.24, 2.45) is 0 Å². The highest BCUT2D eigenvalue weighted by Crippen LogP contribution is 2.28. The van der Waals surface area contributed by atoms with E-state index in [-0.39, 0.29) is 11.4 Å². The summed E-state index contributed by atoms with van der Waals surface area (Å²) in [7, 11) is -3.19. The number of hydrogen-bond donors (Lipinski definition) is 0. The second kappa shape index (κ2) is 6.91. The van der Waals surface area contributed by atoms with Crippen molar-refractivity contribution in [3.8, 4) is 5.88 Å². The molecule has 1 aromatic heterocycles. The Morgan fingerprint density at radius 1 is 1.09 bits per heavy atom. The van der Waals surface area contributed by atoms with Crippen molar-refractivity contribution in [2.45, 2.75) is 56.3 Å². The molecule has 1 saturated heterocycles. The Morgan fingerprint density at radius 2 is 1.91 bits per heavy atom. The zero-order valence-corrected chi connectivity index (χ0v) is 13.5. The van der Waals surface area contributed by atoms with E-state index < -0.39 is 10.0 Å². The van der Waals surface area contributed by atoms with Crippen LogP contribution in [0.1, 0.15) is 44.9 Å². The van der Waals surface area contributed by atoms with Gasteiger partial charge in [0.1, 0.15) is 6.10 Å². The van der Waals surface area contributed by atoms with Crippen LogP contribution >= 0.6 is 0 Å². The number of aromatic nitrogens is 2. The van der Waals surface area contributed by atoms with Gasteiger partial charge in [0.25, 0.3) is 0 Å². The summed E-state index contributed by atoms with van der Waals surface area (Å²) in [4.78, 5) is 8.07. The number of rotatable bonds is 4. The summed E-state index contributed by atoms with van der Waals surface area (Å²) in [5.74, 6) is 0.462. The maximum Gasteiger partial charge on any atom is 0.232 e. The minimum absolute atomic E-state index is 0.135. The van der Waals surface area contributed by atoms with Gasteiger partial charge in [0.2, 0.25) is 15.9 Å². The second-order valence-electron chi connectivity index (χ2n) is 6.09. The van der Waals surface area contributed by atoms with Crippen molar-refractivity contribution in [2.75, 3.05) is 13.1 Å². The second-order valence-corrected chi connectivity index (χ2v) is 8.30. The highest BCUT2D eigenvalue weighted by atomic mass is 32.2. The first kappa shape index (κ1) is 15.7. The molecule has 1 aromatic rings. The maximum absolute atomic E-state index is 12.8. The Morgan fingerprint density at radius 3 is 2.64 bits per heavy atom. The highest BCUT2D eigenvalue weighted by molar-refractivity contribution is 7.89. The van der Waals surface area contributed by atoms with Crippen LogP contribution in [0.25, 0.3) is 0 Å². The van der Waals surface area contributed by atoms with Gasteiger partial charge in [-0.15, -0.1) is 0 Å². The molecule has 0 aromatic carbocycles. The van der Waals surface area contributed by atoms with Gasteiger partial charge in [-0.25, -0.2) is 13.4 Å². The lowest BCUT2D eigenvalue weighted by molar-refractivity contribution is 0.123. The van der Waals surface area contributed by atoms with Crippen LogP contribution in [0.4, 0.5) is 0 Å². The summed E-state index contributed by atoms with van der Waals surface area (Å²) < 4.78 is 33.0. The smallest absolute Gasteiger partial charge is 0.232 e. The lowest BCUT2D eigenvalue weighted by atomic mass is 10.0. The Labute approximate surface area is 132 Å². The zero-order valence-electron chi connectivity index (χ0n) is 12.7. The van der Waals surface area contributed by atoms with Gasteiger partial charge in [0, 0.05) is 18.9 Å². The normalized spacial score (nSPS) is 25.0. The van der Waals surface area contributed by atoms with E-state index in [2.05, 4.69) is 9.97 Å². The summed E-state index contributed by atoms with van der Waals surface area (Å²) in [6.45, 7) is 1.04. The van der Waals surface area contributed by atoms with E-state index in [1.165, 1.54) is 0 Å².